The van der Waals surface area contributed by atoms with Crippen molar-refractivity contribution in [2.24, 2.45) is 0 Å². The first-order valence-electron chi connectivity index (χ1n) is 6.77. The molecule has 5 heteroatoms. The monoisotopic (exact) mass is 346 g/mol. The maximum atomic E-state index is 12.8. The van der Waals surface area contributed by atoms with Crippen LogP contribution in [-0.4, -0.2) is 24.5 Å². The Bertz CT molecular complexity index is 658. The molecule has 0 bridgehead atoms. The van der Waals surface area contributed by atoms with Crippen molar-refractivity contribution < 1.29 is 9.53 Å². The summed E-state index contributed by atoms with van der Waals surface area (Å²) >= 11 is 3.35. The average molecular weight is 347 g/mol. The molecular weight excluding hydrogens is 332 g/mol. The molecule has 0 fully saturated rings. The summed E-state index contributed by atoms with van der Waals surface area (Å²) in [4.78, 5) is 18.7. The zero-order chi connectivity index (χ0) is 14.8. The van der Waals surface area contributed by atoms with Crippen LogP contribution >= 0.6 is 15.9 Å². The van der Waals surface area contributed by atoms with E-state index >= 15 is 0 Å². The van der Waals surface area contributed by atoms with Crippen molar-refractivity contribution in [2.45, 2.75) is 12.3 Å². The Morgan fingerprint density at radius 1 is 1.33 bits per heavy atom. The number of anilines is 1. The fraction of sp³-hybridized carbons (Fsp3) is 0.250. The van der Waals surface area contributed by atoms with E-state index in [9.17, 15) is 4.79 Å². The van der Waals surface area contributed by atoms with Crippen LogP contribution in [0.25, 0.3) is 0 Å². The van der Waals surface area contributed by atoms with Crippen LogP contribution in [0.2, 0.25) is 0 Å². The zero-order valence-electron chi connectivity index (χ0n) is 11.6. The maximum Gasteiger partial charge on any atom is 0.235 e. The number of likely N-dealkylation sites (N-methyl/N-ethyl adjacent to an activating group) is 1. The van der Waals surface area contributed by atoms with Crippen LogP contribution in [0.3, 0.4) is 0 Å². The van der Waals surface area contributed by atoms with Crippen LogP contribution < -0.4 is 9.64 Å². The number of amides is 1. The van der Waals surface area contributed by atoms with E-state index in [1.54, 1.807) is 18.1 Å². The van der Waals surface area contributed by atoms with E-state index in [-0.39, 0.29) is 11.8 Å². The summed E-state index contributed by atoms with van der Waals surface area (Å²) in [6.07, 6.45) is 2.38. The number of hydrogen-bond acceptors (Lipinski definition) is 3. The lowest BCUT2D eigenvalue weighted by molar-refractivity contribution is -0.120. The molecule has 0 spiro atoms. The lowest BCUT2D eigenvalue weighted by Crippen LogP contribution is -2.34. The summed E-state index contributed by atoms with van der Waals surface area (Å²) in [6, 6.07) is 11.4. The lowest BCUT2D eigenvalue weighted by Gasteiger charge is -2.28. The van der Waals surface area contributed by atoms with Crippen molar-refractivity contribution in [3.05, 3.63) is 52.6 Å². The lowest BCUT2D eigenvalue weighted by atomic mass is 9.92. The van der Waals surface area contributed by atoms with Crippen molar-refractivity contribution in [1.29, 1.82) is 0 Å². The predicted octanol–water partition coefficient (Wildman–Crippen LogP) is 3.37. The third-order valence-electron chi connectivity index (χ3n) is 3.64. The van der Waals surface area contributed by atoms with Gasteiger partial charge in [-0.05, 0) is 40.5 Å². The summed E-state index contributed by atoms with van der Waals surface area (Å²) in [6.45, 7) is 0.565. The number of benzene rings is 1. The molecule has 0 saturated heterocycles. The Morgan fingerprint density at radius 2 is 2.14 bits per heavy atom. The molecule has 0 radical (unpaired) electrons. The molecule has 3 rings (SSSR count). The summed E-state index contributed by atoms with van der Waals surface area (Å²) in [7, 11) is 1.76. The fourth-order valence-corrected chi connectivity index (χ4v) is 2.75. The molecule has 1 atom stereocenters. The SMILES string of the molecule is CN(C(=O)C1CCOc2ccccc21)c1ccc(Br)cn1. The first-order valence-corrected chi connectivity index (χ1v) is 7.57. The molecule has 4 nitrogen and oxygen atoms in total. The Morgan fingerprint density at radius 3 is 2.90 bits per heavy atom. The number of nitrogens with zero attached hydrogens (tertiary/aromatic N) is 2. The zero-order valence-corrected chi connectivity index (χ0v) is 13.2. The summed E-state index contributed by atoms with van der Waals surface area (Å²) in [5, 5.41) is 0. The van der Waals surface area contributed by atoms with Gasteiger partial charge in [0.2, 0.25) is 5.91 Å². The van der Waals surface area contributed by atoms with Gasteiger partial charge >= 0.3 is 0 Å². The predicted molar refractivity (Wildman–Crippen MR) is 84.6 cm³/mol. The fourth-order valence-electron chi connectivity index (χ4n) is 2.51. The minimum absolute atomic E-state index is 0.0422. The molecule has 0 aliphatic carbocycles. The number of halogens is 1. The van der Waals surface area contributed by atoms with E-state index in [4.69, 9.17) is 4.74 Å². The number of carbonyl (C=O) groups is 1. The number of hydrogen-bond donors (Lipinski definition) is 0. The minimum atomic E-state index is -0.176. The number of para-hydroxylation sites is 1. The van der Waals surface area contributed by atoms with Crippen LogP contribution in [-0.2, 0) is 4.79 Å². The van der Waals surface area contributed by atoms with Gasteiger partial charge in [0.15, 0.2) is 0 Å². The van der Waals surface area contributed by atoms with E-state index in [0.29, 0.717) is 18.8 Å². The Balaban J connectivity index is 1.87. The highest BCUT2D eigenvalue weighted by molar-refractivity contribution is 9.10. The summed E-state index contributed by atoms with van der Waals surface area (Å²) in [5.41, 5.74) is 0.956. The van der Waals surface area contributed by atoms with E-state index in [0.717, 1.165) is 15.8 Å². The highest BCUT2D eigenvalue weighted by Crippen LogP contribution is 2.35. The summed E-state index contributed by atoms with van der Waals surface area (Å²) < 4.78 is 6.50. The van der Waals surface area contributed by atoms with Crippen molar-refractivity contribution in [3.63, 3.8) is 0 Å². The van der Waals surface area contributed by atoms with Gasteiger partial charge in [-0.1, -0.05) is 18.2 Å². The number of aromatic nitrogens is 1. The Labute approximate surface area is 131 Å². The van der Waals surface area contributed by atoms with Gasteiger partial charge < -0.3 is 4.74 Å². The molecule has 1 amide bonds. The molecule has 1 aliphatic rings. The molecular formula is C16H15BrN2O2. The number of pyridine rings is 1. The minimum Gasteiger partial charge on any atom is -0.493 e. The quantitative estimate of drug-likeness (QED) is 0.837. The first kappa shape index (κ1) is 14.1. The highest BCUT2D eigenvalue weighted by Gasteiger charge is 2.30. The third-order valence-corrected chi connectivity index (χ3v) is 4.11. The van der Waals surface area contributed by atoms with Gasteiger partial charge in [-0.25, -0.2) is 4.98 Å². The molecule has 1 aromatic carbocycles. The number of ether oxygens (including phenoxy) is 1. The van der Waals surface area contributed by atoms with Gasteiger partial charge in [0, 0.05) is 23.3 Å². The molecule has 0 N–H and O–H groups in total. The van der Waals surface area contributed by atoms with Gasteiger partial charge in [0.05, 0.1) is 12.5 Å². The van der Waals surface area contributed by atoms with E-state index < -0.39 is 0 Å². The van der Waals surface area contributed by atoms with E-state index in [1.807, 2.05) is 36.4 Å². The van der Waals surface area contributed by atoms with Crippen LogP contribution in [0.4, 0.5) is 5.82 Å². The Kier molecular flexibility index (Phi) is 3.92. The van der Waals surface area contributed by atoms with Crippen LogP contribution in [0.1, 0.15) is 17.9 Å². The molecule has 2 aromatic rings. The van der Waals surface area contributed by atoms with Crippen LogP contribution in [0, 0.1) is 0 Å². The number of rotatable bonds is 2. The van der Waals surface area contributed by atoms with Crippen molar-refractivity contribution in [1.82, 2.24) is 4.98 Å². The molecule has 1 aliphatic heterocycles. The van der Waals surface area contributed by atoms with Crippen LogP contribution in [0.5, 0.6) is 5.75 Å². The molecule has 1 unspecified atom stereocenters. The van der Waals surface area contributed by atoms with Gasteiger partial charge in [0.25, 0.3) is 0 Å². The average Bonchev–Trinajstić information content (AvgIpc) is 2.53. The highest BCUT2D eigenvalue weighted by atomic mass is 79.9. The number of fused-ring (bicyclic) bond motifs is 1. The second-order valence-electron chi connectivity index (χ2n) is 4.96. The molecule has 108 valence electrons. The third kappa shape index (κ3) is 2.78. The van der Waals surface area contributed by atoms with Gasteiger partial charge in [-0.15, -0.1) is 0 Å². The summed E-state index contributed by atoms with van der Waals surface area (Å²) in [5.74, 6) is 1.32. The molecule has 2 heterocycles. The molecule has 21 heavy (non-hydrogen) atoms. The number of carbonyl (C=O) groups excluding carboxylic acids is 1. The smallest absolute Gasteiger partial charge is 0.235 e. The first-order chi connectivity index (χ1) is 10.2. The molecule has 1 aromatic heterocycles. The normalized spacial score (nSPS) is 16.8. The van der Waals surface area contributed by atoms with Crippen molar-refractivity contribution in [2.75, 3.05) is 18.6 Å². The van der Waals surface area contributed by atoms with Gasteiger partial charge in [-0.3, -0.25) is 9.69 Å². The van der Waals surface area contributed by atoms with E-state index in [2.05, 4.69) is 20.9 Å². The van der Waals surface area contributed by atoms with Crippen LogP contribution in [0.15, 0.2) is 47.1 Å². The standard InChI is InChI=1S/C16H15BrN2O2/c1-19(15-7-6-11(17)10-18-15)16(20)13-8-9-21-14-5-3-2-4-12(13)14/h2-7,10,13H,8-9H2,1H3. The van der Waals surface area contributed by atoms with Gasteiger partial charge in [0.1, 0.15) is 11.6 Å². The Hall–Kier alpha value is -1.88. The second-order valence-corrected chi connectivity index (χ2v) is 5.88. The second kappa shape index (κ2) is 5.85. The van der Waals surface area contributed by atoms with E-state index in [1.165, 1.54) is 0 Å². The maximum absolute atomic E-state index is 12.8. The van der Waals surface area contributed by atoms with Gasteiger partial charge in [-0.2, -0.15) is 0 Å². The molecule has 0 saturated carbocycles. The largest absolute Gasteiger partial charge is 0.493 e. The van der Waals surface area contributed by atoms with Crippen molar-refractivity contribution in [3.8, 4) is 5.75 Å². The topological polar surface area (TPSA) is 42.4 Å². The van der Waals surface area contributed by atoms with Crippen molar-refractivity contribution >= 4 is 27.7 Å².